The van der Waals surface area contributed by atoms with Gasteiger partial charge < -0.3 is 35.7 Å². The van der Waals surface area contributed by atoms with Gasteiger partial charge in [-0.3, -0.25) is 24.0 Å². The molecule has 0 aliphatic rings. The molecule has 10 aromatic carbocycles. The second-order valence-corrected chi connectivity index (χ2v) is 18.9. The number of carbonyl (C=O) groups excluding carboxylic acids is 5. The second kappa shape index (κ2) is 35.3. The molecule has 452 valence electrons. The fourth-order valence-corrected chi connectivity index (χ4v) is 7.75. The summed E-state index contributed by atoms with van der Waals surface area (Å²) < 4.78 is 0. The van der Waals surface area contributed by atoms with Gasteiger partial charge in [-0.25, -0.2) is 24.0 Å². The predicted molar refractivity (Wildman–Crippen MR) is 335 cm³/mol. The standard InChI is InChI=1S/5C14H10O3.C3H8O2/c5*15-13(10-5-2-1-3-6-10)11-7-4-8-12(9-11)14(16)17;1-3(5)2-4/h5*1-9H,(H,16,17);3-5H,2H2,1H3. The van der Waals surface area contributed by atoms with Crippen molar-refractivity contribution in [2.24, 2.45) is 0 Å². The Morgan fingerprint density at radius 1 is 0.233 bits per heavy atom. The maximum Gasteiger partial charge on any atom is 0.335 e. The fraction of sp³-hybridized carbons (Fsp3) is 0.0411. The smallest absolute Gasteiger partial charge is 0.335 e. The first-order chi connectivity index (χ1) is 43.2. The van der Waals surface area contributed by atoms with Crippen LogP contribution >= 0.6 is 0 Å². The third kappa shape index (κ3) is 21.7. The molecule has 17 heteroatoms. The Morgan fingerprint density at radius 2 is 0.356 bits per heavy atom. The molecular weight excluding hydrogens is 1150 g/mol. The number of hydrogen-bond donors (Lipinski definition) is 7. The van der Waals surface area contributed by atoms with Crippen LogP contribution in [-0.2, 0) is 0 Å². The van der Waals surface area contributed by atoms with Crippen molar-refractivity contribution in [2.75, 3.05) is 6.61 Å². The number of rotatable bonds is 16. The van der Waals surface area contributed by atoms with Crippen LogP contribution in [0.2, 0.25) is 0 Å². The van der Waals surface area contributed by atoms with E-state index in [4.69, 9.17) is 35.7 Å². The molecule has 10 rings (SSSR count). The highest BCUT2D eigenvalue weighted by Crippen LogP contribution is 2.17. The minimum atomic E-state index is -1.03. The lowest BCUT2D eigenvalue weighted by molar-refractivity contribution is 0.0686. The van der Waals surface area contributed by atoms with Gasteiger partial charge in [-0.1, -0.05) is 212 Å². The van der Waals surface area contributed by atoms with E-state index in [1.54, 1.807) is 182 Å². The minimum Gasteiger partial charge on any atom is -0.478 e. The summed E-state index contributed by atoms with van der Waals surface area (Å²) in [4.78, 5) is 114. The maximum absolute atomic E-state index is 12.0. The zero-order valence-electron chi connectivity index (χ0n) is 48.0. The summed E-state index contributed by atoms with van der Waals surface area (Å²) in [5, 5.41) is 60.3. The summed E-state index contributed by atoms with van der Waals surface area (Å²) in [6, 6.07) is 74.0. The molecular formula is C73H58O17. The molecule has 1 unspecified atom stereocenters. The molecule has 0 spiro atoms. The molecule has 0 amide bonds. The number of carboxylic acids is 5. The van der Waals surface area contributed by atoms with Gasteiger partial charge in [0.05, 0.1) is 40.5 Å². The van der Waals surface area contributed by atoms with E-state index < -0.39 is 36.0 Å². The first kappa shape index (κ1) is 68.6. The summed E-state index contributed by atoms with van der Waals surface area (Å²) in [6.45, 7) is 1.39. The van der Waals surface area contributed by atoms with Crippen LogP contribution < -0.4 is 0 Å². The highest BCUT2D eigenvalue weighted by atomic mass is 16.4. The Labute approximate surface area is 516 Å². The zero-order valence-corrected chi connectivity index (χ0v) is 48.0. The highest BCUT2D eigenvalue weighted by molar-refractivity contribution is 6.12. The normalized spacial score (nSPS) is 10.2. The highest BCUT2D eigenvalue weighted by Gasteiger charge is 2.16. The number of ketones is 5. The van der Waals surface area contributed by atoms with Crippen LogP contribution in [0.4, 0.5) is 0 Å². The van der Waals surface area contributed by atoms with Crippen LogP contribution in [0.5, 0.6) is 0 Å². The third-order valence-corrected chi connectivity index (χ3v) is 12.3. The molecule has 0 bridgehead atoms. The number of aliphatic hydroxyl groups is 2. The number of carboxylic acid groups (broad SMARTS) is 5. The van der Waals surface area contributed by atoms with Crippen LogP contribution in [0.25, 0.3) is 0 Å². The largest absolute Gasteiger partial charge is 0.478 e. The molecule has 0 aliphatic heterocycles. The molecule has 0 heterocycles. The van der Waals surface area contributed by atoms with E-state index in [1.807, 2.05) is 30.3 Å². The Hall–Kier alpha value is -12.2. The minimum absolute atomic E-state index is 0.117. The van der Waals surface area contributed by atoms with E-state index in [-0.39, 0.29) is 63.3 Å². The quantitative estimate of drug-likeness (QED) is 0.0442. The topological polar surface area (TPSA) is 312 Å². The number of benzene rings is 10. The molecule has 0 radical (unpaired) electrons. The first-order valence-corrected chi connectivity index (χ1v) is 27.1. The zero-order chi connectivity index (χ0) is 65.5. The molecule has 7 N–H and O–H groups in total. The molecule has 0 saturated heterocycles. The molecule has 1 atom stereocenters. The predicted octanol–water partition coefficient (Wildman–Crippen LogP) is 12.4. The second-order valence-electron chi connectivity index (χ2n) is 18.9. The summed E-state index contributed by atoms with van der Waals surface area (Å²) in [7, 11) is 0. The van der Waals surface area contributed by atoms with Gasteiger partial charge in [0.15, 0.2) is 28.9 Å². The monoisotopic (exact) mass is 1210 g/mol. The Kier molecular flexibility index (Phi) is 26.9. The van der Waals surface area contributed by atoms with E-state index in [1.165, 1.54) is 67.6 Å². The number of aromatic carboxylic acids is 5. The van der Waals surface area contributed by atoms with Gasteiger partial charge in [0.1, 0.15) is 0 Å². The average Bonchev–Trinajstić information content (AvgIpc) is 2.16. The van der Waals surface area contributed by atoms with E-state index in [2.05, 4.69) is 0 Å². The molecule has 0 aromatic heterocycles. The van der Waals surface area contributed by atoms with E-state index in [0.29, 0.717) is 55.6 Å². The lowest BCUT2D eigenvalue weighted by Crippen LogP contribution is -2.03. The van der Waals surface area contributed by atoms with Gasteiger partial charge in [0, 0.05) is 55.6 Å². The van der Waals surface area contributed by atoms with Gasteiger partial charge in [0.25, 0.3) is 0 Å². The van der Waals surface area contributed by atoms with Gasteiger partial charge >= 0.3 is 29.8 Å². The first-order valence-electron chi connectivity index (χ1n) is 27.1. The van der Waals surface area contributed by atoms with Gasteiger partial charge in [-0.05, 0) is 67.6 Å². The van der Waals surface area contributed by atoms with Gasteiger partial charge in [0.2, 0.25) is 0 Å². The lowest BCUT2D eigenvalue weighted by atomic mass is 10.0. The van der Waals surface area contributed by atoms with Crippen LogP contribution in [0.15, 0.2) is 273 Å². The van der Waals surface area contributed by atoms with Crippen LogP contribution in [0.1, 0.15) is 138 Å². The maximum atomic E-state index is 12.0. The van der Waals surface area contributed by atoms with Crippen molar-refractivity contribution >= 4 is 58.8 Å². The lowest BCUT2D eigenvalue weighted by Gasteiger charge is -2.02. The number of aliphatic hydroxyl groups excluding tert-OH is 2. The van der Waals surface area contributed by atoms with Crippen LogP contribution in [0, 0.1) is 0 Å². The van der Waals surface area contributed by atoms with Gasteiger partial charge in [-0.15, -0.1) is 0 Å². The Balaban J connectivity index is 0.000000201. The average molecular weight is 1210 g/mol. The van der Waals surface area contributed by atoms with Crippen molar-refractivity contribution in [3.63, 3.8) is 0 Å². The van der Waals surface area contributed by atoms with Crippen molar-refractivity contribution in [1.82, 2.24) is 0 Å². The molecule has 10 aromatic rings. The number of carbonyl (C=O) groups is 10. The van der Waals surface area contributed by atoms with Crippen LogP contribution in [0.3, 0.4) is 0 Å². The molecule has 0 aliphatic carbocycles. The van der Waals surface area contributed by atoms with E-state index >= 15 is 0 Å². The van der Waals surface area contributed by atoms with Crippen LogP contribution in [-0.4, -0.2) is 107 Å². The summed E-state index contributed by atoms with van der Waals surface area (Å²) in [5.41, 5.74) is 5.27. The summed E-state index contributed by atoms with van der Waals surface area (Å²) in [6.07, 6.45) is -0.560. The SMILES string of the molecule is CC(O)CO.O=C(O)c1cccc(C(=O)c2ccccc2)c1.O=C(O)c1cccc(C(=O)c2ccccc2)c1.O=C(O)c1cccc(C(=O)c2ccccc2)c1.O=C(O)c1cccc(C(=O)c2ccccc2)c1.O=C(O)c1cccc(C(=O)c2ccccc2)c1. The van der Waals surface area contributed by atoms with E-state index in [9.17, 15) is 47.9 Å². The van der Waals surface area contributed by atoms with Gasteiger partial charge in [-0.2, -0.15) is 0 Å². The summed E-state index contributed by atoms with van der Waals surface area (Å²) >= 11 is 0. The molecule has 90 heavy (non-hydrogen) atoms. The van der Waals surface area contributed by atoms with E-state index in [0.717, 1.165) is 0 Å². The Bertz CT molecular complexity index is 3480. The summed E-state index contributed by atoms with van der Waals surface area (Å²) in [5.74, 6) is -6.04. The molecule has 0 fully saturated rings. The van der Waals surface area contributed by atoms with Crippen molar-refractivity contribution < 1.29 is 83.7 Å². The van der Waals surface area contributed by atoms with Crippen molar-refractivity contribution in [3.05, 3.63) is 356 Å². The molecule has 0 saturated carbocycles. The number of hydrogen-bond acceptors (Lipinski definition) is 12. The molecule has 17 nitrogen and oxygen atoms in total. The fourth-order valence-electron chi connectivity index (χ4n) is 7.75. The van der Waals surface area contributed by atoms with Crippen molar-refractivity contribution in [3.8, 4) is 0 Å². The van der Waals surface area contributed by atoms with Crippen molar-refractivity contribution in [1.29, 1.82) is 0 Å². The third-order valence-electron chi connectivity index (χ3n) is 12.3. The Morgan fingerprint density at radius 3 is 0.478 bits per heavy atom. The van der Waals surface area contributed by atoms with Crippen molar-refractivity contribution in [2.45, 2.75) is 13.0 Å².